The Hall–Kier alpha value is -2.78. The van der Waals surface area contributed by atoms with Crippen molar-refractivity contribution in [2.24, 2.45) is 5.92 Å². The van der Waals surface area contributed by atoms with Gasteiger partial charge in [-0.3, -0.25) is 9.59 Å². The fraction of sp³-hybridized carbons (Fsp3) is 0.364. The lowest BCUT2D eigenvalue weighted by molar-refractivity contribution is -0.118. The van der Waals surface area contributed by atoms with Crippen molar-refractivity contribution < 1.29 is 22.4 Å². The average molecular weight is 448 g/mol. The molecule has 0 bridgehead atoms. The summed E-state index contributed by atoms with van der Waals surface area (Å²) in [6.07, 6.45) is 1.71. The minimum absolute atomic E-state index is 0.178. The molecule has 0 spiro atoms. The molecule has 1 fully saturated rings. The second-order valence-corrected chi connectivity index (χ2v) is 9.76. The van der Waals surface area contributed by atoms with Crippen LogP contribution < -0.4 is 10.6 Å². The Morgan fingerprint density at radius 2 is 1.55 bits per heavy atom. The summed E-state index contributed by atoms with van der Waals surface area (Å²) < 4.78 is 39.7. The standard InChI is InChI=1S/C22H26FN3O4S/c1-15(2)20(25-21(27)16-5-7-17(23)8-6-16)22(28)24-18-9-11-19(12-10-18)31(29,30)26-13-3-4-14-26/h5-12,15,20H,3-4,13-14H2,1-2H3,(H,24,28)(H,25,27)/t20-/m0/s1. The maximum atomic E-state index is 13.1. The smallest absolute Gasteiger partial charge is 0.251 e. The highest BCUT2D eigenvalue weighted by Gasteiger charge is 2.28. The normalized spacial score (nSPS) is 15.6. The van der Waals surface area contributed by atoms with Crippen LogP contribution in [0, 0.1) is 11.7 Å². The molecule has 1 aliphatic heterocycles. The molecule has 1 aliphatic rings. The van der Waals surface area contributed by atoms with Crippen LogP contribution in [0.15, 0.2) is 53.4 Å². The molecule has 2 amide bonds. The number of carbonyl (C=O) groups is 2. The Bertz CT molecular complexity index is 1030. The van der Waals surface area contributed by atoms with Gasteiger partial charge in [-0.05, 0) is 67.3 Å². The van der Waals surface area contributed by atoms with Crippen LogP contribution in [0.5, 0.6) is 0 Å². The van der Waals surface area contributed by atoms with Crippen LogP contribution in [0.2, 0.25) is 0 Å². The average Bonchev–Trinajstić information content (AvgIpc) is 3.28. The predicted octanol–water partition coefficient (Wildman–Crippen LogP) is 3.00. The second kappa shape index (κ2) is 9.57. The van der Waals surface area contributed by atoms with E-state index in [0.717, 1.165) is 12.8 Å². The number of hydrogen-bond acceptors (Lipinski definition) is 4. The summed E-state index contributed by atoms with van der Waals surface area (Å²) in [5, 5.41) is 5.38. The number of halogens is 1. The Labute approximate surface area is 181 Å². The van der Waals surface area contributed by atoms with Crippen LogP contribution in [-0.2, 0) is 14.8 Å². The van der Waals surface area contributed by atoms with Gasteiger partial charge in [-0.15, -0.1) is 0 Å². The quantitative estimate of drug-likeness (QED) is 0.682. The van der Waals surface area contributed by atoms with Gasteiger partial charge >= 0.3 is 0 Å². The summed E-state index contributed by atoms with van der Waals surface area (Å²) in [6.45, 7) is 4.62. The zero-order valence-corrected chi connectivity index (χ0v) is 18.3. The lowest BCUT2D eigenvalue weighted by Crippen LogP contribution is -2.47. The largest absolute Gasteiger partial charge is 0.340 e. The minimum Gasteiger partial charge on any atom is -0.340 e. The lowest BCUT2D eigenvalue weighted by atomic mass is 10.0. The molecule has 2 aromatic carbocycles. The van der Waals surface area contributed by atoms with E-state index in [1.54, 1.807) is 13.8 Å². The van der Waals surface area contributed by atoms with Gasteiger partial charge in [0.1, 0.15) is 11.9 Å². The molecule has 1 atom stereocenters. The van der Waals surface area contributed by atoms with Gasteiger partial charge in [-0.2, -0.15) is 4.31 Å². The van der Waals surface area contributed by atoms with E-state index in [-0.39, 0.29) is 16.4 Å². The highest BCUT2D eigenvalue weighted by Crippen LogP contribution is 2.22. The van der Waals surface area contributed by atoms with E-state index in [1.807, 2.05) is 0 Å². The van der Waals surface area contributed by atoms with Crippen molar-refractivity contribution in [2.75, 3.05) is 18.4 Å². The van der Waals surface area contributed by atoms with E-state index in [4.69, 9.17) is 0 Å². The van der Waals surface area contributed by atoms with Crippen LogP contribution in [-0.4, -0.2) is 43.7 Å². The van der Waals surface area contributed by atoms with Gasteiger partial charge < -0.3 is 10.6 Å². The van der Waals surface area contributed by atoms with Crippen LogP contribution >= 0.6 is 0 Å². The molecule has 3 rings (SSSR count). The van der Waals surface area contributed by atoms with Gasteiger partial charge in [-0.1, -0.05) is 13.8 Å². The molecular formula is C22H26FN3O4S. The zero-order chi connectivity index (χ0) is 22.6. The molecule has 1 heterocycles. The molecule has 31 heavy (non-hydrogen) atoms. The monoisotopic (exact) mass is 447 g/mol. The van der Waals surface area contributed by atoms with Gasteiger partial charge in [0.15, 0.2) is 0 Å². The first kappa shape index (κ1) is 22.9. The molecule has 1 saturated heterocycles. The summed E-state index contributed by atoms with van der Waals surface area (Å²) in [4.78, 5) is 25.4. The molecule has 0 unspecified atom stereocenters. The highest BCUT2D eigenvalue weighted by molar-refractivity contribution is 7.89. The third-order valence-electron chi connectivity index (χ3n) is 5.17. The third kappa shape index (κ3) is 5.48. The molecule has 2 N–H and O–H groups in total. The molecule has 0 aromatic heterocycles. The van der Waals surface area contributed by atoms with Crippen molar-refractivity contribution in [3.8, 4) is 0 Å². The zero-order valence-electron chi connectivity index (χ0n) is 17.5. The number of rotatable bonds is 7. The predicted molar refractivity (Wildman–Crippen MR) is 116 cm³/mol. The van der Waals surface area contributed by atoms with Crippen LogP contribution in [0.3, 0.4) is 0 Å². The van der Waals surface area contributed by atoms with Crippen molar-refractivity contribution in [1.29, 1.82) is 0 Å². The first-order chi connectivity index (χ1) is 14.7. The van der Waals surface area contributed by atoms with E-state index in [1.165, 1.54) is 52.8 Å². The Kier molecular flexibility index (Phi) is 7.07. The summed E-state index contributed by atoms with van der Waals surface area (Å²) in [7, 11) is -3.53. The molecule has 0 radical (unpaired) electrons. The number of anilines is 1. The SMILES string of the molecule is CC(C)[C@H](NC(=O)c1ccc(F)cc1)C(=O)Nc1ccc(S(=O)(=O)N2CCCC2)cc1. The van der Waals surface area contributed by atoms with E-state index >= 15 is 0 Å². The third-order valence-corrected chi connectivity index (χ3v) is 7.08. The number of nitrogens with one attached hydrogen (secondary N) is 2. The number of nitrogens with zero attached hydrogens (tertiary/aromatic N) is 1. The van der Waals surface area contributed by atoms with Crippen molar-refractivity contribution in [1.82, 2.24) is 9.62 Å². The van der Waals surface area contributed by atoms with E-state index in [9.17, 15) is 22.4 Å². The fourth-order valence-electron chi connectivity index (χ4n) is 3.37. The number of amides is 2. The Balaban J connectivity index is 1.67. The molecule has 9 heteroatoms. The van der Waals surface area contributed by atoms with E-state index in [2.05, 4.69) is 10.6 Å². The van der Waals surface area contributed by atoms with Crippen molar-refractivity contribution in [3.05, 3.63) is 59.9 Å². The summed E-state index contributed by atoms with van der Waals surface area (Å²) in [6, 6.07) is 10.2. The second-order valence-electron chi connectivity index (χ2n) is 7.83. The van der Waals surface area contributed by atoms with Crippen LogP contribution in [0.4, 0.5) is 10.1 Å². The molecule has 2 aromatic rings. The molecular weight excluding hydrogens is 421 g/mol. The van der Waals surface area contributed by atoms with Gasteiger partial charge in [-0.25, -0.2) is 12.8 Å². The van der Waals surface area contributed by atoms with Crippen LogP contribution in [0.25, 0.3) is 0 Å². The number of sulfonamides is 1. The van der Waals surface area contributed by atoms with Gasteiger partial charge in [0, 0.05) is 24.3 Å². The number of benzene rings is 2. The highest BCUT2D eigenvalue weighted by atomic mass is 32.2. The number of hydrogen-bond donors (Lipinski definition) is 2. The molecule has 7 nitrogen and oxygen atoms in total. The molecule has 0 saturated carbocycles. The van der Waals surface area contributed by atoms with Crippen molar-refractivity contribution in [2.45, 2.75) is 37.6 Å². The van der Waals surface area contributed by atoms with E-state index in [0.29, 0.717) is 18.8 Å². The Morgan fingerprint density at radius 1 is 0.968 bits per heavy atom. The lowest BCUT2D eigenvalue weighted by Gasteiger charge is -2.22. The van der Waals surface area contributed by atoms with Crippen LogP contribution in [0.1, 0.15) is 37.0 Å². The maximum absolute atomic E-state index is 13.1. The first-order valence-electron chi connectivity index (χ1n) is 10.2. The van der Waals surface area contributed by atoms with Gasteiger partial charge in [0.05, 0.1) is 4.90 Å². The fourth-order valence-corrected chi connectivity index (χ4v) is 4.89. The summed E-state index contributed by atoms with van der Waals surface area (Å²) in [5.41, 5.74) is 0.670. The molecule has 166 valence electrons. The first-order valence-corrected chi connectivity index (χ1v) is 11.6. The van der Waals surface area contributed by atoms with E-state index < -0.39 is 33.7 Å². The molecule has 0 aliphatic carbocycles. The topological polar surface area (TPSA) is 95.6 Å². The summed E-state index contributed by atoms with van der Waals surface area (Å²) in [5.74, 6) is -1.58. The maximum Gasteiger partial charge on any atom is 0.251 e. The summed E-state index contributed by atoms with van der Waals surface area (Å²) >= 11 is 0. The Morgan fingerprint density at radius 3 is 2.10 bits per heavy atom. The minimum atomic E-state index is -3.53. The van der Waals surface area contributed by atoms with Crippen molar-refractivity contribution in [3.63, 3.8) is 0 Å². The van der Waals surface area contributed by atoms with Gasteiger partial charge in [0.2, 0.25) is 15.9 Å². The van der Waals surface area contributed by atoms with Gasteiger partial charge in [0.25, 0.3) is 5.91 Å². The van der Waals surface area contributed by atoms with Crippen molar-refractivity contribution >= 4 is 27.5 Å². The number of carbonyl (C=O) groups excluding carboxylic acids is 2.